The third kappa shape index (κ3) is 6.35. The van der Waals surface area contributed by atoms with Gasteiger partial charge in [-0.2, -0.15) is 0 Å². The second-order valence-electron chi connectivity index (χ2n) is 6.88. The fraction of sp³-hybridized carbons (Fsp3) is 0.333. The molecule has 1 N–H and O–H groups in total. The van der Waals surface area contributed by atoms with Gasteiger partial charge in [0.25, 0.3) is 0 Å². The molecule has 0 radical (unpaired) electrons. The van der Waals surface area contributed by atoms with Crippen molar-refractivity contribution in [1.82, 2.24) is 10.2 Å². The Morgan fingerprint density at radius 3 is 2.29 bits per heavy atom. The number of methoxy groups -OCH3 is 1. The first-order valence-electron chi connectivity index (χ1n) is 9.44. The number of hydrogen-bond acceptors (Lipinski definition) is 5. The average molecular weight is 468 g/mol. The molecule has 8 nitrogen and oxygen atoms in total. The molecular formula is C21H26ClN3O5S. The first-order valence-corrected chi connectivity index (χ1v) is 11.7. The first kappa shape index (κ1) is 24.5. The Hall–Kier alpha value is -2.78. The Kier molecular flexibility index (Phi) is 8.29. The molecule has 1 atom stereocenters. The van der Waals surface area contributed by atoms with E-state index in [1.54, 1.807) is 55.5 Å². The molecule has 2 rings (SSSR count). The highest BCUT2D eigenvalue weighted by Crippen LogP contribution is 2.29. The predicted molar refractivity (Wildman–Crippen MR) is 121 cm³/mol. The summed E-state index contributed by atoms with van der Waals surface area (Å²) in [5.74, 6) is -0.600. The summed E-state index contributed by atoms with van der Waals surface area (Å²) >= 11 is 5.93. The summed E-state index contributed by atoms with van der Waals surface area (Å²) in [7, 11) is -0.929. The number of amides is 2. The van der Waals surface area contributed by atoms with Crippen molar-refractivity contribution in [2.45, 2.75) is 19.5 Å². The van der Waals surface area contributed by atoms with E-state index in [1.807, 2.05) is 0 Å². The van der Waals surface area contributed by atoms with Crippen LogP contribution in [0.2, 0.25) is 5.02 Å². The van der Waals surface area contributed by atoms with E-state index in [9.17, 15) is 18.0 Å². The summed E-state index contributed by atoms with van der Waals surface area (Å²) in [6, 6.07) is 12.5. The molecule has 0 spiro atoms. The molecule has 168 valence electrons. The molecule has 0 fully saturated rings. The number of sulfonamides is 1. The van der Waals surface area contributed by atoms with Crippen LogP contribution in [0.5, 0.6) is 5.75 Å². The number of hydrogen-bond donors (Lipinski definition) is 1. The van der Waals surface area contributed by atoms with Gasteiger partial charge in [-0.1, -0.05) is 35.9 Å². The second-order valence-corrected chi connectivity index (χ2v) is 9.22. The maximum absolute atomic E-state index is 13.3. The normalized spacial score (nSPS) is 12.0. The number of likely N-dealkylation sites (N-methyl/N-ethyl adjacent to an activating group) is 1. The monoisotopic (exact) mass is 467 g/mol. The van der Waals surface area contributed by atoms with E-state index < -0.39 is 28.5 Å². The largest absolute Gasteiger partial charge is 0.495 e. The van der Waals surface area contributed by atoms with Crippen molar-refractivity contribution in [2.75, 3.05) is 31.3 Å². The van der Waals surface area contributed by atoms with Gasteiger partial charge in [0.05, 0.1) is 19.1 Å². The van der Waals surface area contributed by atoms with Crippen molar-refractivity contribution in [3.05, 3.63) is 59.1 Å². The lowest BCUT2D eigenvalue weighted by Crippen LogP contribution is -2.50. The van der Waals surface area contributed by atoms with E-state index in [0.29, 0.717) is 10.8 Å². The van der Waals surface area contributed by atoms with Crippen LogP contribution in [0.4, 0.5) is 5.69 Å². The van der Waals surface area contributed by atoms with Crippen molar-refractivity contribution < 1.29 is 22.7 Å². The molecule has 31 heavy (non-hydrogen) atoms. The van der Waals surface area contributed by atoms with Crippen molar-refractivity contribution in [3.8, 4) is 5.75 Å². The molecule has 2 amide bonds. The highest BCUT2D eigenvalue weighted by Gasteiger charge is 2.30. The number of benzene rings is 2. The molecule has 2 aromatic rings. The summed E-state index contributed by atoms with van der Waals surface area (Å²) < 4.78 is 31.3. The Balaban J connectivity index is 2.41. The number of halogens is 1. The minimum atomic E-state index is -3.82. The molecule has 0 aromatic heterocycles. The maximum atomic E-state index is 13.3. The van der Waals surface area contributed by atoms with Crippen LogP contribution < -0.4 is 14.4 Å². The Morgan fingerprint density at radius 1 is 1.13 bits per heavy atom. The lowest BCUT2D eigenvalue weighted by molar-refractivity contribution is -0.139. The van der Waals surface area contributed by atoms with Crippen LogP contribution in [0.15, 0.2) is 48.5 Å². The molecule has 0 heterocycles. The van der Waals surface area contributed by atoms with Crippen molar-refractivity contribution in [3.63, 3.8) is 0 Å². The fourth-order valence-electron chi connectivity index (χ4n) is 3.01. The molecule has 0 aliphatic rings. The summed E-state index contributed by atoms with van der Waals surface area (Å²) in [6.07, 6.45) is 1.01. The Morgan fingerprint density at radius 2 is 1.74 bits per heavy atom. The van der Waals surface area contributed by atoms with Crippen LogP contribution in [0.25, 0.3) is 0 Å². The van der Waals surface area contributed by atoms with E-state index in [1.165, 1.54) is 19.1 Å². The van der Waals surface area contributed by atoms with Crippen LogP contribution in [-0.2, 0) is 26.2 Å². The van der Waals surface area contributed by atoms with Crippen LogP contribution in [-0.4, -0.2) is 58.1 Å². The van der Waals surface area contributed by atoms with Gasteiger partial charge in [-0.15, -0.1) is 0 Å². The highest BCUT2D eigenvalue weighted by molar-refractivity contribution is 7.92. The number of carbonyl (C=O) groups excluding carboxylic acids is 2. The van der Waals surface area contributed by atoms with Gasteiger partial charge < -0.3 is 15.0 Å². The Labute approximate surface area is 187 Å². The molecule has 2 aromatic carbocycles. The van der Waals surface area contributed by atoms with Crippen LogP contribution in [0.3, 0.4) is 0 Å². The second kappa shape index (κ2) is 10.5. The van der Waals surface area contributed by atoms with Gasteiger partial charge in [-0.05, 0) is 36.8 Å². The van der Waals surface area contributed by atoms with Crippen LogP contribution in [0, 0.1) is 0 Å². The quantitative estimate of drug-likeness (QED) is 0.610. The summed E-state index contributed by atoms with van der Waals surface area (Å²) in [5.41, 5.74) is 0.983. The molecule has 0 saturated heterocycles. The van der Waals surface area contributed by atoms with Crippen molar-refractivity contribution in [1.29, 1.82) is 0 Å². The molecular weight excluding hydrogens is 442 g/mol. The first-order chi connectivity index (χ1) is 14.6. The van der Waals surface area contributed by atoms with Gasteiger partial charge in [0, 0.05) is 18.6 Å². The standard InChI is InChI=1S/C21H26ClN3O5S/c1-15(21(27)23-2)24(13-16-9-11-17(22)12-10-16)20(26)14-25(31(4,28)29)18-7-5-6-8-19(18)30-3/h5-12,15H,13-14H2,1-4H3,(H,23,27). The fourth-order valence-corrected chi connectivity index (χ4v) is 3.99. The molecule has 0 aliphatic carbocycles. The molecule has 0 saturated carbocycles. The summed E-state index contributed by atoms with van der Waals surface area (Å²) in [4.78, 5) is 26.9. The lowest BCUT2D eigenvalue weighted by Gasteiger charge is -2.31. The minimum Gasteiger partial charge on any atom is -0.495 e. The number of rotatable bonds is 9. The van der Waals surface area contributed by atoms with E-state index in [4.69, 9.17) is 16.3 Å². The van der Waals surface area contributed by atoms with E-state index in [0.717, 1.165) is 16.1 Å². The van der Waals surface area contributed by atoms with E-state index in [-0.39, 0.29) is 18.1 Å². The van der Waals surface area contributed by atoms with Crippen LogP contribution >= 0.6 is 11.6 Å². The minimum absolute atomic E-state index is 0.105. The smallest absolute Gasteiger partial charge is 0.244 e. The third-order valence-electron chi connectivity index (χ3n) is 4.71. The zero-order valence-electron chi connectivity index (χ0n) is 17.8. The van der Waals surface area contributed by atoms with Gasteiger partial charge in [0.1, 0.15) is 18.3 Å². The zero-order chi connectivity index (χ0) is 23.2. The molecule has 1 unspecified atom stereocenters. The third-order valence-corrected chi connectivity index (χ3v) is 6.09. The molecule has 10 heteroatoms. The lowest BCUT2D eigenvalue weighted by atomic mass is 10.1. The zero-order valence-corrected chi connectivity index (χ0v) is 19.4. The highest BCUT2D eigenvalue weighted by atomic mass is 35.5. The van der Waals surface area contributed by atoms with Gasteiger partial charge in [0.15, 0.2) is 0 Å². The van der Waals surface area contributed by atoms with Crippen molar-refractivity contribution >= 4 is 39.1 Å². The van der Waals surface area contributed by atoms with Gasteiger partial charge in [-0.3, -0.25) is 13.9 Å². The Bertz CT molecular complexity index is 1030. The summed E-state index contributed by atoms with van der Waals surface area (Å²) in [5, 5.41) is 3.06. The van der Waals surface area contributed by atoms with E-state index >= 15 is 0 Å². The number of para-hydroxylation sites is 2. The van der Waals surface area contributed by atoms with Crippen LogP contribution in [0.1, 0.15) is 12.5 Å². The summed E-state index contributed by atoms with van der Waals surface area (Å²) in [6.45, 7) is 1.20. The SMILES string of the molecule is CNC(=O)C(C)N(Cc1ccc(Cl)cc1)C(=O)CN(c1ccccc1OC)S(C)(=O)=O. The number of nitrogens with zero attached hydrogens (tertiary/aromatic N) is 2. The predicted octanol–water partition coefficient (Wildman–Crippen LogP) is 2.28. The van der Waals surface area contributed by atoms with Gasteiger partial charge in [-0.25, -0.2) is 8.42 Å². The number of anilines is 1. The number of nitrogens with one attached hydrogen (secondary N) is 1. The average Bonchev–Trinajstić information content (AvgIpc) is 2.75. The van der Waals surface area contributed by atoms with Gasteiger partial charge in [0.2, 0.25) is 21.8 Å². The molecule has 0 aliphatic heterocycles. The maximum Gasteiger partial charge on any atom is 0.244 e. The number of carbonyl (C=O) groups is 2. The van der Waals surface area contributed by atoms with Gasteiger partial charge >= 0.3 is 0 Å². The van der Waals surface area contributed by atoms with Crippen molar-refractivity contribution in [2.24, 2.45) is 0 Å². The van der Waals surface area contributed by atoms with E-state index in [2.05, 4.69) is 5.32 Å². The topological polar surface area (TPSA) is 96.0 Å². The number of ether oxygens (including phenoxy) is 1. The molecule has 0 bridgehead atoms.